The molecule has 0 radical (unpaired) electrons. The Kier molecular flexibility index (Phi) is 4.63. The molecule has 1 fully saturated rings. The lowest BCUT2D eigenvalue weighted by atomic mass is 10.1. The third kappa shape index (κ3) is 3.42. The number of H-pyrrole nitrogens is 1. The van der Waals surface area contributed by atoms with E-state index in [2.05, 4.69) is 51.5 Å². The zero-order chi connectivity index (χ0) is 15.4. The number of rotatable bonds is 4. The van der Waals surface area contributed by atoms with E-state index in [9.17, 15) is 0 Å². The number of hydrogen-bond donors (Lipinski definition) is 2. The maximum atomic E-state index is 5.44. The van der Waals surface area contributed by atoms with Crippen LogP contribution in [-0.2, 0) is 11.3 Å². The van der Waals surface area contributed by atoms with E-state index in [0.717, 1.165) is 38.7 Å². The second kappa shape index (κ2) is 6.83. The standard InChI is InChI=1S/C17H24N4O/c1-18-17(21(2)11-13-7-8-22-12-13)19-10-15-9-14-5-3-4-6-16(14)20-15/h3-6,9,13,20H,7-8,10-12H2,1-2H3,(H,18,19). The van der Waals surface area contributed by atoms with Gasteiger partial charge in [-0.3, -0.25) is 4.99 Å². The van der Waals surface area contributed by atoms with Gasteiger partial charge in [0.2, 0.25) is 0 Å². The van der Waals surface area contributed by atoms with E-state index < -0.39 is 0 Å². The molecule has 1 aromatic carbocycles. The van der Waals surface area contributed by atoms with Crippen molar-refractivity contribution < 1.29 is 4.74 Å². The highest BCUT2D eigenvalue weighted by Gasteiger charge is 2.19. The van der Waals surface area contributed by atoms with Gasteiger partial charge >= 0.3 is 0 Å². The van der Waals surface area contributed by atoms with Gasteiger partial charge in [-0.15, -0.1) is 0 Å². The third-order valence-corrected chi connectivity index (χ3v) is 4.15. The fourth-order valence-corrected chi connectivity index (χ4v) is 2.99. The van der Waals surface area contributed by atoms with Crippen molar-refractivity contribution in [2.45, 2.75) is 13.0 Å². The Hall–Kier alpha value is -2.01. The number of hydrogen-bond acceptors (Lipinski definition) is 2. The molecule has 1 aliphatic heterocycles. The molecule has 0 bridgehead atoms. The molecule has 1 atom stereocenters. The molecule has 0 saturated carbocycles. The van der Waals surface area contributed by atoms with Crippen molar-refractivity contribution in [3.8, 4) is 0 Å². The van der Waals surface area contributed by atoms with Crippen LogP contribution < -0.4 is 5.32 Å². The second-order valence-corrected chi connectivity index (χ2v) is 5.89. The lowest BCUT2D eigenvalue weighted by molar-refractivity contribution is 0.181. The summed E-state index contributed by atoms with van der Waals surface area (Å²) in [5.41, 5.74) is 2.34. The number of guanidine groups is 1. The van der Waals surface area contributed by atoms with E-state index >= 15 is 0 Å². The lowest BCUT2D eigenvalue weighted by Crippen LogP contribution is -2.41. The molecule has 3 rings (SSSR count). The number of aromatic amines is 1. The molecule has 0 amide bonds. The van der Waals surface area contributed by atoms with Gasteiger partial charge in [-0.2, -0.15) is 0 Å². The molecule has 118 valence electrons. The van der Waals surface area contributed by atoms with Crippen molar-refractivity contribution in [2.75, 3.05) is 33.9 Å². The molecular formula is C17H24N4O. The topological polar surface area (TPSA) is 52.7 Å². The molecule has 2 aromatic rings. The van der Waals surface area contributed by atoms with Crippen molar-refractivity contribution >= 4 is 16.9 Å². The average molecular weight is 300 g/mol. The Morgan fingerprint density at radius 3 is 3.05 bits per heavy atom. The predicted molar refractivity (Wildman–Crippen MR) is 90.1 cm³/mol. The first-order chi connectivity index (χ1) is 10.8. The summed E-state index contributed by atoms with van der Waals surface area (Å²) in [6.45, 7) is 3.47. The van der Waals surface area contributed by atoms with Crippen LogP contribution in [0.5, 0.6) is 0 Å². The van der Waals surface area contributed by atoms with E-state index in [0.29, 0.717) is 5.92 Å². The Balaban J connectivity index is 1.58. The van der Waals surface area contributed by atoms with Crippen LogP contribution in [0.4, 0.5) is 0 Å². The summed E-state index contributed by atoms with van der Waals surface area (Å²) in [5.74, 6) is 1.53. The molecule has 0 aliphatic carbocycles. The van der Waals surface area contributed by atoms with Gasteiger partial charge in [0.25, 0.3) is 0 Å². The number of nitrogens with one attached hydrogen (secondary N) is 2. The van der Waals surface area contributed by atoms with Crippen molar-refractivity contribution in [2.24, 2.45) is 10.9 Å². The summed E-state index contributed by atoms with van der Waals surface area (Å²) in [6.07, 6.45) is 1.14. The first-order valence-electron chi connectivity index (χ1n) is 7.82. The van der Waals surface area contributed by atoms with Crippen LogP contribution in [0.3, 0.4) is 0 Å². The normalized spacial score (nSPS) is 18.8. The molecular weight excluding hydrogens is 276 g/mol. The number of aliphatic imine (C=N–C) groups is 1. The molecule has 5 heteroatoms. The van der Waals surface area contributed by atoms with Crippen LogP contribution in [0.15, 0.2) is 35.3 Å². The monoisotopic (exact) mass is 300 g/mol. The van der Waals surface area contributed by atoms with Crippen LogP contribution in [-0.4, -0.2) is 49.7 Å². The van der Waals surface area contributed by atoms with Gasteiger partial charge in [0, 0.05) is 44.4 Å². The van der Waals surface area contributed by atoms with Gasteiger partial charge < -0.3 is 19.9 Å². The first kappa shape index (κ1) is 14.9. The highest BCUT2D eigenvalue weighted by Crippen LogP contribution is 2.15. The number of ether oxygens (including phenoxy) is 1. The molecule has 1 saturated heterocycles. The fourth-order valence-electron chi connectivity index (χ4n) is 2.99. The molecule has 0 spiro atoms. The molecule has 2 N–H and O–H groups in total. The fraction of sp³-hybridized carbons (Fsp3) is 0.471. The zero-order valence-corrected chi connectivity index (χ0v) is 13.3. The van der Waals surface area contributed by atoms with Crippen molar-refractivity contribution in [1.82, 2.24) is 15.2 Å². The first-order valence-corrected chi connectivity index (χ1v) is 7.82. The molecule has 1 unspecified atom stereocenters. The average Bonchev–Trinajstić information content (AvgIpc) is 3.16. The molecule has 1 aromatic heterocycles. The smallest absolute Gasteiger partial charge is 0.193 e. The maximum absolute atomic E-state index is 5.44. The molecule has 22 heavy (non-hydrogen) atoms. The Morgan fingerprint density at radius 2 is 2.32 bits per heavy atom. The van der Waals surface area contributed by atoms with Gasteiger partial charge in [0.05, 0.1) is 13.2 Å². The highest BCUT2D eigenvalue weighted by atomic mass is 16.5. The highest BCUT2D eigenvalue weighted by molar-refractivity contribution is 5.81. The number of aromatic nitrogens is 1. The van der Waals surface area contributed by atoms with Crippen LogP contribution in [0.2, 0.25) is 0 Å². The summed E-state index contributed by atoms with van der Waals surface area (Å²) < 4.78 is 5.44. The van der Waals surface area contributed by atoms with Gasteiger partial charge in [0.15, 0.2) is 5.96 Å². The van der Waals surface area contributed by atoms with Gasteiger partial charge in [0.1, 0.15) is 0 Å². The van der Waals surface area contributed by atoms with Gasteiger partial charge in [-0.25, -0.2) is 0 Å². The predicted octanol–water partition coefficient (Wildman–Crippen LogP) is 2.21. The minimum absolute atomic E-state index is 0.608. The Labute approximate surface area is 131 Å². The Morgan fingerprint density at radius 1 is 1.45 bits per heavy atom. The van der Waals surface area contributed by atoms with Crippen molar-refractivity contribution in [1.29, 1.82) is 0 Å². The number of benzene rings is 1. The lowest BCUT2D eigenvalue weighted by Gasteiger charge is -2.24. The SMILES string of the molecule is CN=C(NCc1cc2ccccc2[nH]1)N(C)CC1CCOC1. The zero-order valence-electron chi connectivity index (χ0n) is 13.3. The van der Waals surface area contributed by atoms with E-state index in [1.807, 2.05) is 13.1 Å². The van der Waals surface area contributed by atoms with Crippen LogP contribution in [0.25, 0.3) is 10.9 Å². The van der Waals surface area contributed by atoms with E-state index in [1.54, 1.807) is 0 Å². The molecule has 1 aliphatic rings. The summed E-state index contributed by atoms with van der Waals surface area (Å²) in [7, 11) is 3.91. The minimum atomic E-state index is 0.608. The van der Waals surface area contributed by atoms with E-state index in [1.165, 1.54) is 16.6 Å². The largest absolute Gasteiger partial charge is 0.381 e. The summed E-state index contributed by atoms with van der Waals surface area (Å²) >= 11 is 0. The summed E-state index contributed by atoms with van der Waals surface area (Å²) in [4.78, 5) is 9.99. The van der Waals surface area contributed by atoms with Crippen LogP contribution >= 0.6 is 0 Å². The van der Waals surface area contributed by atoms with Gasteiger partial charge in [-0.1, -0.05) is 18.2 Å². The minimum Gasteiger partial charge on any atom is -0.381 e. The molecule has 5 nitrogen and oxygen atoms in total. The van der Waals surface area contributed by atoms with Crippen molar-refractivity contribution in [3.05, 3.63) is 36.0 Å². The summed E-state index contributed by atoms with van der Waals surface area (Å²) in [5, 5.41) is 4.67. The number of nitrogens with zero attached hydrogens (tertiary/aromatic N) is 2. The molecule has 2 heterocycles. The summed E-state index contributed by atoms with van der Waals surface area (Å²) in [6, 6.07) is 10.5. The second-order valence-electron chi connectivity index (χ2n) is 5.89. The number of fused-ring (bicyclic) bond motifs is 1. The van der Waals surface area contributed by atoms with E-state index in [4.69, 9.17) is 4.74 Å². The van der Waals surface area contributed by atoms with Crippen LogP contribution in [0, 0.1) is 5.92 Å². The van der Waals surface area contributed by atoms with E-state index in [-0.39, 0.29) is 0 Å². The van der Waals surface area contributed by atoms with Gasteiger partial charge in [-0.05, 0) is 23.9 Å². The van der Waals surface area contributed by atoms with Crippen LogP contribution in [0.1, 0.15) is 12.1 Å². The number of para-hydroxylation sites is 1. The van der Waals surface area contributed by atoms with Crippen molar-refractivity contribution in [3.63, 3.8) is 0 Å². The Bertz CT molecular complexity index is 610. The maximum Gasteiger partial charge on any atom is 0.193 e. The quantitative estimate of drug-likeness (QED) is 0.672. The third-order valence-electron chi connectivity index (χ3n) is 4.15.